The van der Waals surface area contributed by atoms with Crippen molar-refractivity contribution in [1.82, 2.24) is 19.6 Å². The second-order valence-corrected chi connectivity index (χ2v) is 18.6. The third-order valence-electron chi connectivity index (χ3n) is 12.1. The number of hydrogen-bond acceptors (Lipinski definition) is 20. The zero-order chi connectivity index (χ0) is 56.3. The fraction of sp³-hybridized carbons (Fsp3) is 0.577. The molecule has 0 amide bonds. The monoisotopic (exact) mass is 1080 g/mol. The van der Waals surface area contributed by atoms with Gasteiger partial charge >= 0.3 is 23.9 Å². The molecule has 22 nitrogen and oxygen atoms in total. The van der Waals surface area contributed by atoms with Gasteiger partial charge in [0, 0.05) is 75.1 Å². The number of aliphatic hydroxyl groups is 4. The van der Waals surface area contributed by atoms with E-state index in [-0.39, 0.29) is 48.2 Å². The Balaban J connectivity index is 0.000000295. The van der Waals surface area contributed by atoms with E-state index < -0.39 is 110 Å². The third-order valence-corrected chi connectivity index (χ3v) is 12.1. The molecule has 2 aromatic heterocycles. The number of carbonyl (C=O) groups excluding carboxylic acids is 4. The van der Waals surface area contributed by atoms with Crippen LogP contribution in [0.2, 0.25) is 0 Å². The molecular formula is C52H70F2N4O18. The zero-order valence-corrected chi connectivity index (χ0v) is 44.7. The average molecular weight is 1080 g/mol. The molecular weight excluding hydrogens is 1010 g/mol. The summed E-state index contributed by atoms with van der Waals surface area (Å²) in [6, 6.07) is 9.21. The molecule has 0 spiro atoms. The highest BCUT2D eigenvalue weighted by atomic mass is 19.1. The van der Waals surface area contributed by atoms with Crippen LogP contribution in [0.3, 0.4) is 0 Å². The second-order valence-electron chi connectivity index (χ2n) is 18.6. The number of carbonyl (C=O) groups is 4. The Kier molecular flexibility index (Phi) is 21.5. The number of aromatic nitrogens is 4. The molecule has 2 fully saturated rings. The fourth-order valence-electron chi connectivity index (χ4n) is 8.58. The highest BCUT2D eigenvalue weighted by Gasteiger charge is 2.54. The van der Waals surface area contributed by atoms with Crippen LogP contribution < -0.4 is 18.9 Å². The Labute approximate surface area is 439 Å². The summed E-state index contributed by atoms with van der Waals surface area (Å²) < 4.78 is 88.2. The zero-order valence-electron chi connectivity index (χ0n) is 44.7. The van der Waals surface area contributed by atoms with E-state index in [1.165, 1.54) is 25.1 Å². The molecule has 4 heterocycles. The minimum atomic E-state index is -1.57. The van der Waals surface area contributed by atoms with Gasteiger partial charge in [-0.1, -0.05) is 12.1 Å². The van der Waals surface area contributed by atoms with E-state index in [4.69, 9.17) is 47.4 Å². The van der Waals surface area contributed by atoms with Crippen molar-refractivity contribution in [2.75, 3.05) is 26.4 Å². The summed E-state index contributed by atoms with van der Waals surface area (Å²) in [6.45, 7) is 19.2. The normalized spacial score (nSPS) is 23.3. The van der Waals surface area contributed by atoms with Gasteiger partial charge in [-0.25, -0.2) is 8.78 Å². The maximum absolute atomic E-state index is 14.7. The fourth-order valence-corrected chi connectivity index (χ4v) is 8.58. The van der Waals surface area contributed by atoms with Crippen LogP contribution in [0.1, 0.15) is 115 Å². The summed E-state index contributed by atoms with van der Waals surface area (Å²) in [7, 11) is 0. The predicted molar refractivity (Wildman–Crippen MR) is 262 cm³/mol. The Morgan fingerprint density at radius 1 is 0.618 bits per heavy atom. The van der Waals surface area contributed by atoms with Crippen molar-refractivity contribution in [2.45, 2.75) is 169 Å². The van der Waals surface area contributed by atoms with Gasteiger partial charge in [0.15, 0.2) is 35.3 Å². The maximum Gasteiger partial charge on any atom is 0.303 e. The summed E-state index contributed by atoms with van der Waals surface area (Å²) in [4.78, 5) is 48.0. The number of hydrogen-bond donors (Lipinski definition) is 4. The van der Waals surface area contributed by atoms with Crippen molar-refractivity contribution in [3.05, 3.63) is 81.7 Å². The van der Waals surface area contributed by atoms with E-state index in [2.05, 4.69) is 10.2 Å². The van der Waals surface area contributed by atoms with Gasteiger partial charge in [-0.05, 0) is 90.8 Å². The molecule has 0 radical (unpaired) electrons. The summed E-state index contributed by atoms with van der Waals surface area (Å²) in [5.41, 5.74) is 4.00. The van der Waals surface area contributed by atoms with Crippen LogP contribution in [0.5, 0.6) is 23.3 Å². The minimum absolute atomic E-state index is 0.00188. The second kappa shape index (κ2) is 27.0. The van der Waals surface area contributed by atoms with E-state index in [1.807, 2.05) is 41.5 Å². The number of rotatable bonds is 20. The molecule has 2 saturated heterocycles. The van der Waals surface area contributed by atoms with Crippen LogP contribution in [-0.4, -0.2) is 152 Å². The Hall–Kier alpha value is -6.44. The van der Waals surface area contributed by atoms with Crippen molar-refractivity contribution in [1.29, 1.82) is 0 Å². The number of benzene rings is 2. The first kappa shape index (κ1) is 60.4. The highest BCUT2D eigenvalue weighted by molar-refractivity contribution is 5.69. The van der Waals surface area contributed by atoms with Gasteiger partial charge in [-0.3, -0.25) is 28.5 Å². The number of aliphatic hydroxyl groups excluding tert-OH is 4. The van der Waals surface area contributed by atoms with Crippen molar-refractivity contribution in [2.24, 2.45) is 0 Å². The first-order valence-corrected chi connectivity index (χ1v) is 24.8. The SMILES string of the molecule is CCOc1ccc(Cc2c(O[C@@H]3O[C@H](CO)[C@@H](O)[C@H](O)[C@H]3O)nn(C(C)C)c2C)cc1F.CCOc1ccc(Cc2c(O[C@@H]3O[C@H](COC(C)=O)[C@@H](OC(C)=O)[C@H](OC(C)=O)[C@H]3OC(C)=O)nn(C(C)C)c2C)cc1F. The lowest BCUT2D eigenvalue weighted by Gasteiger charge is -2.43. The lowest BCUT2D eigenvalue weighted by Crippen LogP contribution is -2.63. The number of esters is 4. The van der Waals surface area contributed by atoms with Crippen molar-refractivity contribution in [3.8, 4) is 23.3 Å². The molecule has 4 aromatic rings. The van der Waals surface area contributed by atoms with E-state index in [9.17, 15) is 48.4 Å². The van der Waals surface area contributed by atoms with Crippen LogP contribution in [0.4, 0.5) is 8.78 Å². The summed E-state index contributed by atoms with van der Waals surface area (Å²) in [5.74, 6) is -3.41. The van der Waals surface area contributed by atoms with Crippen molar-refractivity contribution < 1.29 is 95.8 Å². The van der Waals surface area contributed by atoms with Gasteiger partial charge in [-0.15, -0.1) is 10.2 Å². The standard InChI is InChI=1S/C30H39FN2O11.C22H31FN2O7/c1-9-38-24-11-10-21(13-23(24)31)12-22-16(4)33(15(2)3)32-29(22)44-30-28(42-20(8)37)27(41-19(7)36)26(40-18(6)35)25(43-30)14-39-17(5)34;1-5-30-16-7-6-13(9-15(16)23)8-14-12(4)25(11(2)3)24-21(14)32-22-20(29)19(28)18(27)17(10-26)31-22/h10-11,13,15,25-28,30H,9,12,14H2,1-8H3;6-7,9,11,17-20,22,26-29H,5,8,10H2,1-4H3/t25-,26-,27+,28-,30+;17-,18-,19+,20-,22+/m11/s1. The number of nitrogens with zero attached hydrogens (tertiary/aromatic N) is 4. The maximum atomic E-state index is 14.7. The topological polar surface area (TPSA) is 277 Å². The van der Waals surface area contributed by atoms with E-state index >= 15 is 0 Å². The molecule has 0 aliphatic carbocycles. The molecule has 2 aliphatic heterocycles. The van der Waals surface area contributed by atoms with E-state index in [0.29, 0.717) is 35.5 Å². The summed E-state index contributed by atoms with van der Waals surface area (Å²) in [6.07, 6.45) is -13.4. The van der Waals surface area contributed by atoms with Gasteiger partial charge < -0.3 is 67.8 Å². The van der Waals surface area contributed by atoms with Crippen LogP contribution in [0, 0.1) is 25.5 Å². The molecule has 420 valence electrons. The van der Waals surface area contributed by atoms with Gasteiger partial charge in [0.1, 0.15) is 37.1 Å². The Bertz CT molecular complexity index is 2620. The molecule has 0 unspecified atom stereocenters. The molecule has 24 heteroatoms. The largest absolute Gasteiger partial charge is 0.491 e. The summed E-state index contributed by atoms with van der Waals surface area (Å²) >= 11 is 0. The molecule has 0 saturated carbocycles. The van der Waals surface area contributed by atoms with Crippen LogP contribution in [0.15, 0.2) is 36.4 Å². The summed E-state index contributed by atoms with van der Waals surface area (Å²) in [5, 5.41) is 48.9. The third kappa shape index (κ3) is 15.1. The molecule has 10 atom stereocenters. The molecule has 2 aliphatic rings. The van der Waals surface area contributed by atoms with Crippen LogP contribution in [0.25, 0.3) is 0 Å². The van der Waals surface area contributed by atoms with Gasteiger partial charge in [0.2, 0.25) is 30.4 Å². The Morgan fingerprint density at radius 3 is 1.46 bits per heavy atom. The van der Waals surface area contributed by atoms with Crippen molar-refractivity contribution >= 4 is 23.9 Å². The lowest BCUT2D eigenvalue weighted by atomic mass is 9.98. The Morgan fingerprint density at radius 2 is 1.05 bits per heavy atom. The first-order valence-electron chi connectivity index (χ1n) is 24.8. The molecule has 4 N–H and O–H groups in total. The van der Waals surface area contributed by atoms with Gasteiger partial charge in [-0.2, -0.15) is 0 Å². The molecule has 2 aromatic carbocycles. The van der Waals surface area contributed by atoms with E-state index in [0.717, 1.165) is 32.2 Å². The van der Waals surface area contributed by atoms with Crippen molar-refractivity contribution in [3.63, 3.8) is 0 Å². The molecule has 6 rings (SSSR count). The van der Waals surface area contributed by atoms with Gasteiger partial charge in [0.25, 0.3) is 0 Å². The lowest BCUT2D eigenvalue weighted by molar-refractivity contribution is -0.289. The van der Waals surface area contributed by atoms with Gasteiger partial charge in [0.05, 0.1) is 19.8 Å². The predicted octanol–water partition coefficient (Wildman–Crippen LogP) is 4.44. The first-order chi connectivity index (χ1) is 35.9. The number of halogens is 2. The minimum Gasteiger partial charge on any atom is -0.491 e. The molecule has 0 bridgehead atoms. The van der Waals surface area contributed by atoms with Crippen LogP contribution in [-0.2, 0) is 60.4 Å². The highest BCUT2D eigenvalue weighted by Crippen LogP contribution is 2.36. The quantitative estimate of drug-likeness (QED) is 0.0703. The average Bonchev–Trinajstić information content (AvgIpc) is 3.82. The smallest absolute Gasteiger partial charge is 0.303 e. The van der Waals surface area contributed by atoms with Crippen LogP contribution >= 0.6 is 0 Å². The number of ether oxygens (including phenoxy) is 10. The molecule has 76 heavy (non-hydrogen) atoms. The van der Waals surface area contributed by atoms with E-state index in [1.54, 1.807) is 41.4 Å².